The molecule has 0 radical (unpaired) electrons. The second-order valence-electron chi connectivity index (χ2n) is 11.9. The predicted molar refractivity (Wildman–Crippen MR) is 183 cm³/mol. The highest BCUT2D eigenvalue weighted by Crippen LogP contribution is 2.36. The van der Waals surface area contributed by atoms with E-state index < -0.39 is 18.0 Å². The number of nitrogens with one attached hydrogen (secondary N) is 1. The molecule has 3 atom stereocenters. The topological polar surface area (TPSA) is 92.0 Å². The first-order valence-corrected chi connectivity index (χ1v) is 17.2. The fourth-order valence-corrected chi connectivity index (χ4v) is 6.60. The Morgan fingerprint density at radius 1 is 1.21 bits per heavy atom. The lowest BCUT2D eigenvalue weighted by Gasteiger charge is -2.38. The lowest BCUT2D eigenvalue weighted by Crippen LogP contribution is -2.47. The molecule has 254 valence electrons. The van der Waals surface area contributed by atoms with E-state index in [0.717, 1.165) is 43.1 Å². The maximum absolute atomic E-state index is 13.8. The average molecular weight is 737 g/mol. The van der Waals surface area contributed by atoms with Crippen molar-refractivity contribution in [3.8, 4) is 16.3 Å². The van der Waals surface area contributed by atoms with E-state index in [2.05, 4.69) is 37.9 Å². The number of thiophene rings is 1. The molecular formula is C34H41BrF3N5O3S. The van der Waals surface area contributed by atoms with E-state index in [1.165, 1.54) is 11.3 Å². The molecule has 2 N–H and O–H groups in total. The van der Waals surface area contributed by atoms with Gasteiger partial charge in [0, 0.05) is 24.7 Å². The Bertz CT molecular complexity index is 1630. The molecule has 0 spiro atoms. The quantitative estimate of drug-likeness (QED) is 0.162. The number of allylic oxidation sites excluding steroid dienone is 1. The molecule has 1 aliphatic heterocycles. The third-order valence-electron chi connectivity index (χ3n) is 7.76. The number of rotatable bonds is 10. The van der Waals surface area contributed by atoms with Crippen LogP contribution in [0.1, 0.15) is 68.7 Å². The van der Waals surface area contributed by atoms with Gasteiger partial charge in [-0.05, 0) is 84.6 Å². The number of nitrogens with zero attached hydrogens (tertiary/aromatic N) is 4. The van der Waals surface area contributed by atoms with Crippen molar-refractivity contribution in [2.45, 2.75) is 83.8 Å². The number of hydrogen-bond acceptors (Lipinski definition) is 7. The van der Waals surface area contributed by atoms with E-state index in [0.29, 0.717) is 28.6 Å². The Balaban J connectivity index is 0.000000240. The molecule has 0 aliphatic carbocycles. The van der Waals surface area contributed by atoms with Gasteiger partial charge in [-0.15, -0.1) is 17.9 Å². The number of halogens is 4. The van der Waals surface area contributed by atoms with Gasteiger partial charge >= 0.3 is 6.18 Å². The smallest absolute Gasteiger partial charge is 0.433 e. The number of alkyl halides is 3. The summed E-state index contributed by atoms with van der Waals surface area (Å²) in [4.78, 5) is 19.9. The van der Waals surface area contributed by atoms with Crippen LogP contribution in [-0.4, -0.2) is 67.9 Å². The molecular weight excluding hydrogens is 695 g/mol. The number of likely N-dealkylation sites (tertiary alicyclic amines) is 1. The van der Waals surface area contributed by atoms with Crippen molar-refractivity contribution >= 4 is 38.8 Å². The number of amides is 1. The van der Waals surface area contributed by atoms with Gasteiger partial charge in [0.25, 0.3) is 5.91 Å². The molecule has 0 bridgehead atoms. The molecule has 1 aliphatic rings. The van der Waals surface area contributed by atoms with E-state index in [4.69, 9.17) is 4.74 Å². The summed E-state index contributed by atoms with van der Waals surface area (Å²) in [5.74, 6) is 0.439. The molecule has 47 heavy (non-hydrogen) atoms. The summed E-state index contributed by atoms with van der Waals surface area (Å²) in [6.07, 6.45) is 0.206. The fourth-order valence-electron chi connectivity index (χ4n) is 5.41. The number of aromatic nitrogens is 3. The number of aliphatic hydroxyl groups excluding tert-OH is 1. The minimum atomic E-state index is -4.65. The van der Waals surface area contributed by atoms with Crippen LogP contribution in [0.15, 0.2) is 65.0 Å². The molecule has 3 aromatic heterocycles. The van der Waals surface area contributed by atoms with Crippen molar-refractivity contribution in [2.75, 3.05) is 13.2 Å². The van der Waals surface area contributed by atoms with Gasteiger partial charge in [0.2, 0.25) is 0 Å². The highest BCUT2D eigenvalue weighted by Gasteiger charge is 2.38. The van der Waals surface area contributed by atoms with Gasteiger partial charge in [-0.25, -0.2) is 9.50 Å². The Hall–Kier alpha value is -3.26. The number of fused-ring (bicyclic) bond motifs is 1. The van der Waals surface area contributed by atoms with Crippen molar-refractivity contribution < 1.29 is 27.8 Å². The molecule has 4 aromatic rings. The number of carbonyl (C=O) groups is 1. The van der Waals surface area contributed by atoms with Crippen molar-refractivity contribution in [2.24, 2.45) is 0 Å². The first-order chi connectivity index (χ1) is 22.3. The average Bonchev–Trinajstić information content (AvgIpc) is 3.68. The van der Waals surface area contributed by atoms with Crippen LogP contribution in [0.3, 0.4) is 0 Å². The highest BCUT2D eigenvalue weighted by atomic mass is 79.9. The van der Waals surface area contributed by atoms with Crippen LogP contribution in [0.25, 0.3) is 16.2 Å². The molecule has 1 saturated heterocycles. The predicted octanol–water partition coefficient (Wildman–Crippen LogP) is 7.80. The Kier molecular flexibility index (Phi) is 12.6. The van der Waals surface area contributed by atoms with Crippen molar-refractivity contribution in [1.29, 1.82) is 0 Å². The lowest BCUT2D eigenvalue weighted by molar-refractivity contribution is -0.142. The number of ether oxygens (including phenoxy) is 1. The van der Waals surface area contributed by atoms with Crippen molar-refractivity contribution in [3.63, 3.8) is 0 Å². The molecule has 3 unspecified atom stereocenters. The largest absolute Gasteiger partial charge is 0.491 e. The van der Waals surface area contributed by atoms with Crippen LogP contribution >= 0.6 is 27.3 Å². The zero-order valence-corrected chi connectivity index (χ0v) is 29.3. The molecule has 1 amide bonds. The van der Waals surface area contributed by atoms with Crippen molar-refractivity contribution in [1.82, 2.24) is 24.8 Å². The standard InChI is InChI=1S/C19H18BrF3N4OS.C15H23NO2/c1-10-5-3-6-11(2)26(10)18(28)16-15(20)17-24-12(13-7-4-8-29-13)9-14(19(21,22)23)27(17)25-16;1-4-7-13-8-5-6-9-15(13)18-11-14(17)10-16-12(2)3/h4,7-11H,3,5-6H2,1-2H3;4-6,8-9,12,14,16-17H,1,7,10-11H2,2-3H3. The molecule has 1 fully saturated rings. The first-order valence-electron chi connectivity index (χ1n) is 15.6. The van der Waals surface area contributed by atoms with E-state index in [9.17, 15) is 23.1 Å². The monoisotopic (exact) mass is 735 g/mol. The number of hydrogen-bond donors (Lipinski definition) is 2. The van der Waals surface area contributed by atoms with E-state index in [1.54, 1.807) is 22.4 Å². The second kappa shape index (κ2) is 16.2. The highest BCUT2D eigenvalue weighted by molar-refractivity contribution is 9.10. The van der Waals surface area contributed by atoms with Gasteiger partial charge < -0.3 is 20.1 Å². The van der Waals surface area contributed by atoms with Crippen LogP contribution < -0.4 is 10.1 Å². The summed E-state index contributed by atoms with van der Waals surface area (Å²) in [5.41, 5.74) is 0.247. The minimum Gasteiger partial charge on any atom is -0.491 e. The minimum absolute atomic E-state index is 0.000289. The Morgan fingerprint density at radius 3 is 2.53 bits per heavy atom. The van der Waals surface area contributed by atoms with Crippen molar-refractivity contribution in [3.05, 3.63) is 81.9 Å². The first kappa shape index (κ1) is 36.6. The number of carbonyl (C=O) groups excluding carboxylic acids is 1. The summed E-state index contributed by atoms with van der Waals surface area (Å²) in [6, 6.07) is 12.6. The third kappa shape index (κ3) is 9.21. The lowest BCUT2D eigenvalue weighted by atomic mass is 9.97. The Morgan fingerprint density at radius 2 is 1.91 bits per heavy atom. The summed E-state index contributed by atoms with van der Waals surface area (Å²) in [7, 11) is 0. The maximum atomic E-state index is 13.8. The van der Waals surface area contributed by atoms with E-state index in [-0.39, 0.29) is 39.5 Å². The fraction of sp³-hybridized carbons (Fsp3) is 0.441. The number of para-hydroxylation sites is 1. The summed E-state index contributed by atoms with van der Waals surface area (Å²) in [5, 5.41) is 18.8. The van der Waals surface area contributed by atoms with Gasteiger partial charge in [-0.3, -0.25) is 4.79 Å². The zero-order valence-electron chi connectivity index (χ0n) is 26.9. The summed E-state index contributed by atoms with van der Waals surface area (Å²) in [6.45, 7) is 12.6. The van der Waals surface area contributed by atoms with Gasteiger partial charge in [-0.2, -0.15) is 18.3 Å². The summed E-state index contributed by atoms with van der Waals surface area (Å²) >= 11 is 4.60. The molecule has 5 rings (SSSR count). The SMILES string of the molecule is C=CCc1ccccc1OCC(O)CNC(C)C.CC1CCCC(C)N1C(=O)c1nn2c(C(F)(F)F)cc(-c3cccs3)nc2c1Br. The molecule has 1 aromatic carbocycles. The molecule has 0 saturated carbocycles. The third-order valence-corrected chi connectivity index (χ3v) is 9.38. The molecule has 8 nitrogen and oxygen atoms in total. The number of aliphatic hydroxyl groups is 1. The van der Waals surface area contributed by atoms with Crippen LogP contribution in [0, 0.1) is 0 Å². The zero-order chi connectivity index (χ0) is 34.3. The van der Waals surface area contributed by atoms with Crippen LogP contribution in [-0.2, 0) is 12.6 Å². The van der Waals surface area contributed by atoms with Crippen LogP contribution in [0.4, 0.5) is 13.2 Å². The Labute approximate surface area is 285 Å². The van der Waals surface area contributed by atoms with Gasteiger partial charge in [0.05, 0.1) is 15.0 Å². The van der Waals surface area contributed by atoms with Crippen LogP contribution in [0.2, 0.25) is 0 Å². The van der Waals surface area contributed by atoms with E-state index >= 15 is 0 Å². The normalized spacial score (nSPS) is 17.4. The number of benzene rings is 1. The van der Waals surface area contributed by atoms with Gasteiger partial charge in [-0.1, -0.05) is 44.2 Å². The molecule has 4 heterocycles. The van der Waals surface area contributed by atoms with Crippen LogP contribution in [0.5, 0.6) is 5.75 Å². The maximum Gasteiger partial charge on any atom is 0.433 e. The van der Waals surface area contributed by atoms with E-state index in [1.807, 2.05) is 58.0 Å². The number of piperidine rings is 1. The van der Waals surface area contributed by atoms with Gasteiger partial charge in [0.1, 0.15) is 18.5 Å². The second-order valence-corrected chi connectivity index (χ2v) is 13.6. The van der Waals surface area contributed by atoms with Gasteiger partial charge in [0.15, 0.2) is 17.0 Å². The summed E-state index contributed by atoms with van der Waals surface area (Å²) < 4.78 is 47.8. The molecule has 13 heteroatoms.